The largest absolute Gasteiger partial charge is 0.342 e. The summed E-state index contributed by atoms with van der Waals surface area (Å²) < 4.78 is 0. The summed E-state index contributed by atoms with van der Waals surface area (Å²) in [5.74, 6) is 0.610. The first kappa shape index (κ1) is 17.0. The Kier molecular flexibility index (Phi) is 5.54. The van der Waals surface area contributed by atoms with Crippen LogP contribution in [0.3, 0.4) is 0 Å². The lowest BCUT2D eigenvalue weighted by Crippen LogP contribution is -2.37. The van der Waals surface area contributed by atoms with Crippen molar-refractivity contribution in [2.24, 2.45) is 11.8 Å². The Balaban J connectivity index is 1.52. The van der Waals surface area contributed by atoms with Crippen molar-refractivity contribution >= 4 is 17.5 Å². The molecule has 2 fully saturated rings. The number of amides is 2. The van der Waals surface area contributed by atoms with E-state index in [2.05, 4.69) is 18.3 Å². The van der Waals surface area contributed by atoms with E-state index in [1.54, 1.807) is 0 Å². The van der Waals surface area contributed by atoms with Crippen molar-refractivity contribution in [2.75, 3.05) is 18.4 Å². The Morgan fingerprint density at radius 2 is 1.67 bits per heavy atom. The summed E-state index contributed by atoms with van der Waals surface area (Å²) in [6, 6.07) is 7.99. The minimum absolute atomic E-state index is 0.0394. The SMILES string of the molecule is CCc1ccccc1NC(=O)C1CCC(C(=O)N2CCCC2)CC1. The summed E-state index contributed by atoms with van der Waals surface area (Å²) in [6.45, 7) is 3.94. The zero-order valence-corrected chi connectivity index (χ0v) is 14.6. The van der Waals surface area contributed by atoms with Gasteiger partial charge in [0.05, 0.1) is 0 Å². The average molecular weight is 328 g/mol. The van der Waals surface area contributed by atoms with Crippen LogP contribution in [0.25, 0.3) is 0 Å². The van der Waals surface area contributed by atoms with Crippen LogP contribution in [0.15, 0.2) is 24.3 Å². The molecular weight excluding hydrogens is 300 g/mol. The minimum atomic E-state index is 0.0394. The van der Waals surface area contributed by atoms with Crippen LogP contribution in [-0.4, -0.2) is 29.8 Å². The molecule has 1 aliphatic carbocycles. The van der Waals surface area contributed by atoms with Crippen molar-refractivity contribution in [3.05, 3.63) is 29.8 Å². The average Bonchev–Trinajstić information content (AvgIpc) is 3.16. The second-order valence-corrected chi connectivity index (χ2v) is 7.08. The molecule has 2 aliphatic rings. The molecule has 24 heavy (non-hydrogen) atoms. The van der Waals surface area contributed by atoms with Gasteiger partial charge in [0.2, 0.25) is 11.8 Å². The molecule has 1 saturated carbocycles. The first-order valence-corrected chi connectivity index (χ1v) is 9.36. The molecule has 1 aromatic rings. The number of anilines is 1. The molecule has 3 rings (SSSR count). The van der Waals surface area contributed by atoms with Gasteiger partial charge in [0.25, 0.3) is 0 Å². The third-order valence-corrected chi connectivity index (χ3v) is 5.52. The van der Waals surface area contributed by atoms with E-state index in [4.69, 9.17) is 0 Å². The van der Waals surface area contributed by atoms with E-state index >= 15 is 0 Å². The van der Waals surface area contributed by atoms with E-state index < -0.39 is 0 Å². The Bertz CT molecular complexity index is 585. The summed E-state index contributed by atoms with van der Waals surface area (Å²) in [5.41, 5.74) is 2.10. The standard InChI is InChI=1S/C20H28N2O2/c1-2-15-7-3-4-8-18(15)21-19(23)16-9-11-17(12-10-16)20(24)22-13-5-6-14-22/h3-4,7-8,16-17H,2,5-6,9-14H2,1H3,(H,21,23). The number of nitrogens with one attached hydrogen (secondary N) is 1. The van der Waals surface area contributed by atoms with E-state index in [1.807, 2.05) is 23.1 Å². The number of hydrogen-bond donors (Lipinski definition) is 1. The molecule has 1 N–H and O–H groups in total. The molecule has 1 saturated heterocycles. The molecule has 1 aliphatic heterocycles. The molecule has 0 spiro atoms. The topological polar surface area (TPSA) is 49.4 Å². The molecule has 0 atom stereocenters. The van der Waals surface area contributed by atoms with Gasteiger partial charge in [-0.25, -0.2) is 0 Å². The van der Waals surface area contributed by atoms with E-state index in [9.17, 15) is 9.59 Å². The van der Waals surface area contributed by atoms with Crippen molar-refractivity contribution in [3.63, 3.8) is 0 Å². The smallest absolute Gasteiger partial charge is 0.227 e. The zero-order chi connectivity index (χ0) is 16.9. The van der Waals surface area contributed by atoms with Crippen LogP contribution in [0.5, 0.6) is 0 Å². The lowest BCUT2D eigenvalue weighted by atomic mass is 9.81. The zero-order valence-electron chi connectivity index (χ0n) is 14.6. The Hall–Kier alpha value is -1.84. The van der Waals surface area contributed by atoms with Crippen molar-refractivity contribution < 1.29 is 9.59 Å². The molecule has 0 bridgehead atoms. The van der Waals surface area contributed by atoms with Gasteiger partial charge in [-0.05, 0) is 56.6 Å². The Morgan fingerprint density at radius 1 is 1.04 bits per heavy atom. The highest BCUT2D eigenvalue weighted by Crippen LogP contribution is 2.32. The summed E-state index contributed by atoms with van der Waals surface area (Å²) in [5, 5.41) is 3.10. The van der Waals surface area contributed by atoms with E-state index in [-0.39, 0.29) is 17.7 Å². The number of hydrogen-bond acceptors (Lipinski definition) is 2. The van der Waals surface area contributed by atoms with Crippen molar-refractivity contribution in [1.82, 2.24) is 4.90 Å². The molecule has 4 nitrogen and oxygen atoms in total. The Morgan fingerprint density at radius 3 is 2.33 bits per heavy atom. The molecule has 1 heterocycles. The maximum Gasteiger partial charge on any atom is 0.227 e. The monoisotopic (exact) mass is 328 g/mol. The van der Waals surface area contributed by atoms with Gasteiger partial charge in [-0.2, -0.15) is 0 Å². The van der Waals surface area contributed by atoms with Crippen LogP contribution in [0, 0.1) is 11.8 Å². The summed E-state index contributed by atoms with van der Waals surface area (Å²) in [4.78, 5) is 27.1. The van der Waals surface area contributed by atoms with Crippen LogP contribution < -0.4 is 5.32 Å². The first-order valence-electron chi connectivity index (χ1n) is 9.36. The van der Waals surface area contributed by atoms with Crippen molar-refractivity contribution in [3.8, 4) is 0 Å². The number of rotatable bonds is 4. The van der Waals surface area contributed by atoms with Gasteiger partial charge < -0.3 is 10.2 Å². The molecule has 4 heteroatoms. The number of para-hydroxylation sites is 1. The van der Waals surface area contributed by atoms with Crippen LogP contribution in [0.1, 0.15) is 51.0 Å². The fraction of sp³-hybridized carbons (Fsp3) is 0.600. The summed E-state index contributed by atoms with van der Waals surface area (Å²) in [6.07, 6.45) is 6.54. The number of nitrogens with zero attached hydrogens (tertiary/aromatic N) is 1. The van der Waals surface area contributed by atoms with Crippen LogP contribution in [0.2, 0.25) is 0 Å². The second-order valence-electron chi connectivity index (χ2n) is 7.08. The lowest BCUT2D eigenvalue weighted by Gasteiger charge is -2.30. The van der Waals surface area contributed by atoms with E-state index in [1.165, 1.54) is 5.56 Å². The van der Waals surface area contributed by atoms with Gasteiger partial charge in [-0.3, -0.25) is 9.59 Å². The third-order valence-electron chi connectivity index (χ3n) is 5.52. The van der Waals surface area contributed by atoms with Crippen molar-refractivity contribution in [2.45, 2.75) is 51.9 Å². The molecule has 1 aromatic carbocycles. The van der Waals surface area contributed by atoms with Gasteiger partial charge in [0, 0.05) is 30.6 Å². The molecule has 2 amide bonds. The number of benzene rings is 1. The highest BCUT2D eigenvalue weighted by atomic mass is 16.2. The fourth-order valence-electron chi connectivity index (χ4n) is 3.98. The quantitative estimate of drug-likeness (QED) is 0.918. The summed E-state index contributed by atoms with van der Waals surface area (Å²) >= 11 is 0. The molecule has 0 aromatic heterocycles. The number of aryl methyl sites for hydroxylation is 1. The van der Waals surface area contributed by atoms with Crippen LogP contribution in [-0.2, 0) is 16.0 Å². The molecular formula is C20H28N2O2. The van der Waals surface area contributed by atoms with Gasteiger partial charge in [-0.1, -0.05) is 25.1 Å². The van der Waals surface area contributed by atoms with Crippen LogP contribution in [0.4, 0.5) is 5.69 Å². The molecule has 0 unspecified atom stereocenters. The number of likely N-dealkylation sites (tertiary alicyclic amines) is 1. The van der Waals surface area contributed by atoms with Gasteiger partial charge in [-0.15, -0.1) is 0 Å². The maximum absolute atomic E-state index is 12.6. The number of carbonyl (C=O) groups excluding carboxylic acids is 2. The highest BCUT2D eigenvalue weighted by Gasteiger charge is 2.33. The molecule has 0 radical (unpaired) electrons. The highest BCUT2D eigenvalue weighted by molar-refractivity contribution is 5.93. The minimum Gasteiger partial charge on any atom is -0.342 e. The number of carbonyl (C=O) groups is 2. The van der Waals surface area contributed by atoms with E-state index in [0.29, 0.717) is 5.91 Å². The fourth-order valence-corrected chi connectivity index (χ4v) is 3.98. The molecule has 130 valence electrons. The Labute approximate surface area is 144 Å². The normalized spacial score (nSPS) is 24.0. The van der Waals surface area contributed by atoms with Gasteiger partial charge in [0.15, 0.2) is 0 Å². The van der Waals surface area contributed by atoms with Crippen molar-refractivity contribution in [1.29, 1.82) is 0 Å². The maximum atomic E-state index is 12.6. The third kappa shape index (κ3) is 3.80. The summed E-state index contributed by atoms with van der Waals surface area (Å²) in [7, 11) is 0. The predicted octanol–water partition coefficient (Wildman–Crippen LogP) is 3.62. The van der Waals surface area contributed by atoms with E-state index in [0.717, 1.165) is 63.7 Å². The van der Waals surface area contributed by atoms with Gasteiger partial charge in [0.1, 0.15) is 0 Å². The van der Waals surface area contributed by atoms with Gasteiger partial charge >= 0.3 is 0 Å². The predicted molar refractivity (Wildman–Crippen MR) is 95.7 cm³/mol. The second kappa shape index (κ2) is 7.82. The van der Waals surface area contributed by atoms with Crippen LogP contribution >= 0.6 is 0 Å². The lowest BCUT2D eigenvalue weighted by molar-refractivity contribution is -0.136. The first-order chi connectivity index (χ1) is 11.7.